The number of ketones is 1. The monoisotopic (exact) mass is 292 g/mol. The van der Waals surface area contributed by atoms with Crippen LogP contribution in [0.25, 0.3) is 0 Å². The van der Waals surface area contributed by atoms with E-state index in [-0.39, 0.29) is 22.2 Å². The van der Waals surface area contributed by atoms with Crippen LogP contribution in [0, 0.1) is 5.92 Å². The number of carbonyl (C=O) groups is 1. The van der Waals surface area contributed by atoms with Crippen molar-refractivity contribution in [2.24, 2.45) is 5.92 Å². The molecule has 3 nitrogen and oxygen atoms in total. The second-order valence-electron chi connectivity index (χ2n) is 5.99. The molecule has 0 saturated carbocycles. The molecule has 2 fully saturated rings. The second kappa shape index (κ2) is 4.99. The van der Waals surface area contributed by atoms with E-state index >= 15 is 0 Å². The maximum Gasteiger partial charge on any atom is 0.166 e. The first-order valence-corrected chi connectivity index (χ1v) is 8.99. The van der Waals surface area contributed by atoms with Crippen LogP contribution in [0.3, 0.4) is 0 Å². The second-order valence-corrected chi connectivity index (χ2v) is 8.50. The number of hydrogen-bond acceptors (Lipinski definition) is 3. The SMILES string of the molecule is CCc1ccc(C(=O)C2CC3CCC(C2)S3(=O)=O)cc1. The van der Waals surface area contributed by atoms with Crippen molar-refractivity contribution in [3.8, 4) is 0 Å². The van der Waals surface area contributed by atoms with Gasteiger partial charge in [0.2, 0.25) is 0 Å². The molecule has 0 spiro atoms. The average Bonchev–Trinajstić information content (AvgIpc) is 2.66. The van der Waals surface area contributed by atoms with E-state index in [1.807, 2.05) is 24.3 Å². The van der Waals surface area contributed by atoms with E-state index in [9.17, 15) is 13.2 Å². The van der Waals surface area contributed by atoms with Gasteiger partial charge in [-0.2, -0.15) is 0 Å². The molecule has 2 aliphatic heterocycles. The fraction of sp³-hybridized carbons (Fsp3) is 0.562. The number of benzene rings is 1. The highest BCUT2D eigenvalue weighted by atomic mass is 32.2. The Morgan fingerprint density at radius 2 is 1.65 bits per heavy atom. The van der Waals surface area contributed by atoms with Gasteiger partial charge in [-0.3, -0.25) is 4.79 Å². The summed E-state index contributed by atoms with van der Waals surface area (Å²) in [7, 11) is -2.94. The Morgan fingerprint density at radius 1 is 1.10 bits per heavy atom. The molecule has 0 aromatic heterocycles. The van der Waals surface area contributed by atoms with Crippen molar-refractivity contribution in [2.75, 3.05) is 0 Å². The highest BCUT2D eigenvalue weighted by Gasteiger charge is 2.48. The number of Topliss-reactive ketones (excluding diaryl/α,β-unsaturated/α-hetero) is 1. The van der Waals surface area contributed by atoms with E-state index in [4.69, 9.17) is 0 Å². The molecule has 2 bridgehead atoms. The van der Waals surface area contributed by atoms with Gasteiger partial charge in [-0.05, 0) is 37.7 Å². The number of carbonyl (C=O) groups excluding carboxylic acids is 1. The standard InChI is InChI=1S/C16H20O3S/c1-2-11-3-5-12(6-4-11)16(17)13-9-14-7-8-15(10-13)20(14,18)19/h3-6,13-15H,2,7-10H2,1H3. The Bertz CT molecular complexity index is 596. The van der Waals surface area contributed by atoms with Crippen LogP contribution >= 0.6 is 0 Å². The molecule has 1 aromatic rings. The summed E-state index contributed by atoms with van der Waals surface area (Å²) in [6.07, 6.45) is 3.48. The fourth-order valence-electron chi connectivity index (χ4n) is 3.56. The van der Waals surface area contributed by atoms with Crippen molar-refractivity contribution >= 4 is 15.6 Å². The summed E-state index contributed by atoms with van der Waals surface area (Å²) in [5, 5.41) is -0.546. The lowest BCUT2D eigenvalue weighted by atomic mass is 9.90. The lowest BCUT2D eigenvalue weighted by Gasteiger charge is -2.27. The average molecular weight is 292 g/mol. The largest absolute Gasteiger partial charge is 0.294 e. The van der Waals surface area contributed by atoms with Crippen LogP contribution in [0.4, 0.5) is 0 Å². The van der Waals surface area contributed by atoms with Crippen LogP contribution in [0.2, 0.25) is 0 Å². The van der Waals surface area contributed by atoms with Crippen LogP contribution in [-0.2, 0) is 16.3 Å². The lowest BCUT2D eigenvalue weighted by molar-refractivity contribution is 0.0905. The molecule has 0 radical (unpaired) electrons. The number of fused-ring (bicyclic) bond motifs is 2. The van der Waals surface area contributed by atoms with Crippen molar-refractivity contribution in [2.45, 2.75) is 49.5 Å². The molecular formula is C16H20O3S. The summed E-state index contributed by atoms with van der Waals surface area (Å²) in [6, 6.07) is 7.74. The summed E-state index contributed by atoms with van der Waals surface area (Å²) < 4.78 is 24.1. The Kier molecular flexibility index (Phi) is 3.44. The van der Waals surface area contributed by atoms with Gasteiger partial charge in [0.05, 0.1) is 10.5 Å². The maximum atomic E-state index is 12.5. The summed E-state index contributed by atoms with van der Waals surface area (Å²) >= 11 is 0. The van der Waals surface area contributed by atoms with E-state index in [1.165, 1.54) is 5.56 Å². The van der Waals surface area contributed by atoms with Crippen molar-refractivity contribution in [1.29, 1.82) is 0 Å². The highest BCUT2D eigenvalue weighted by molar-refractivity contribution is 7.93. The van der Waals surface area contributed by atoms with Gasteiger partial charge in [0.15, 0.2) is 15.6 Å². The van der Waals surface area contributed by atoms with E-state index in [2.05, 4.69) is 6.92 Å². The minimum absolute atomic E-state index is 0.108. The Morgan fingerprint density at radius 3 is 2.15 bits per heavy atom. The molecule has 108 valence electrons. The molecular weight excluding hydrogens is 272 g/mol. The molecule has 2 unspecified atom stereocenters. The smallest absolute Gasteiger partial charge is 0.166 e. The Hall–Kier alpha value is -1.16. The first-order valence-electron chi connectivity index (χ1n) is 7.38. The quantitative estimate of drug-likeness (QED) is 0.805. The van der Waals surface area contributed by atoms with E-state index in [0.29, 0.717) is 12.8 Å². The van der Waals surface area contributed by atoms with Crippen LogP contribution in [0.15, 0.2) is 24.3 Å². The van der Waals surface area contributed by atoms with Crippen molar-refractivity contribution < 1.29 is 13.2 Å². The summed E-state index contributed by atoms with van der Waals surface area (Å²) in [5.41, 5.74) is 1.94. The lowest BCUT2D eigenvalue weighted by Crippen LogP contribution is -2.36. The predicted molar refractivity (Wildman–Crippen MR) is 78.6 cm³/mol. The molecule has 2 atom stereocenters. The number of sulfone groups is 1. The Labute approximate surface area is 120 Å². The van der Waals surface area contributed by atoms with Gasteiger partial charge in [0.1, 0.15) is 0 Å². The number of aryl methyl sites for hydroxylation is 1. The molecule has 0 amide bonds. The fourth-order valence-corrected chi connectivity index (χ4v) is 6.04. The normalized spacial score (nSPS) is 31.1. The number of rotatable bonds is 3. The first kappa shape index (κ1) is 13.8. The van der Waals surface area contributed by atoms with Gasteiger partial charge in [-0.1, -0.05) is 31.2 Å². The third-order valence-corrected chi connectivity index (χ3v) is 7.57. The third kappa shape index (κ3) is 2.20. The number of hydrogen-bond donors (Lipinski definition) is 0. The maximum absolute atomic E-state index is 12.5. The van der Waals surface area contributed by atoms with Crippen LogP contribution < -0.4 is 0 Å². The molecule has 3 rings (SSSR count). The Balaban J connectivity index is 1.79. The van der Waals surface area contributed by atoms with Gasteiger partial charge in [-0.15, -0.1) is 0 Å². The molecule has 0 aliphatic carbocycles. The first-order chi connectivity index (χ1) is 9.52. The molecule has 2 heterocycles. The van der Waals surface area contributed by atoms with Crippen LogP contribution in [0.1, 0.15) is 48.5 Å². The summed E-state index contributed by atoms with van der Waals surface area (Å²) in [5.74, 6) is 0.0166. The third-order valence-electron chi connectivity index (χ3n) is 4.85. The van der Waals surface area contributed by atoms with Gasteiger partial charge < -0.3 is 0 Å². The van der Waals surface area contributed by atoms with Gasteiger partial charge in [0.25, 0.3) is 0 Å². The zero-order chi connectivity index (χ0) is 14.3. The summed E-state index contributed by atoms with van der Waals surface area (Å²) in [4.78, 5) is 12.5. The van der Waals surface area contributed by atoms with Crippen molar-refractivity contribution in [1.82, 2.24) is 0 Å². The highest BCUT2D eigenvalue weighted by Crippen LogP contribution is 2.42. The zero-order valence-corrected chi connectivity index (χ0v) is 12.5. The molecule has 0 N–H and O–H groups in total. The van der Waals surface area contributed by atoms with Crippen LogP contribution in [-0.4, -0.2) is 24.7 Å². The minimum Gasteiger partial charge on any atom is -0.294 e. The summed E-state index contributed by atoms with van der Waals surface area (Å²) in [6.45, 7) is 2.08. The van der Waals surface area contributed by atoms with Crippen molar-refractivity contribution in [3.05, 3.63) is 35.4 Å². The molecule has 4 heteroatoms. The van der Waals surface area contributed by atoms with Crippen molar-refractivity contribution in [3.63, 3.8) is 0 Å². The predicted octanol–water partition coefficient (Wildman–Crippen LogP) is 2.79. The molecule has 2 aliphatic rings. The van der Waals surface area contributed by atoms with E-state index in [0.717, 1.165) is 24.8 Å². The minimum atomic E-state index is -2.94. The van der Waals surface area contributed by atoms with Gasteiger partial charge >= 0.3 is 0 Å². The molecule has 2 saturated heterocycles. The molecule has 20 heavy (non-hydrogen) atoms. The van der Waals surface area contributed by atoms with Gasteiger partial charge in [-0.25, -0.2) is 8.42 Å². The van der Waals surface area contributed by atoms with Crippen LogP contribution in [0.5, 0.6) is 0 Å². The van der Waals surface area contributed by atoms with E-state index < -0.39 is 9.84 Å². The van der Waals surface area contributed by atoms with Gasteiger partial charge in [0, 0.05) is 11.5 Å². The zero-order valence-electron chi connectivity index (χ0n) is 11.7. The molecule has 1 aromatic carbocycles. The topological polar surface area (TPSA) is 51.2 Å². The van der Waals surface area contributed by atoms with E-state index in [1.54, 1.807) is 0 Å².